The molecule has 1 aromatic rings. The van der Waals surface area contributed by atoms with Crippen molar-refractivity contribution < 1.29 is 9.00 Å². The molecule has 92 valence electrons. The van der Waals surface area contributed by atoms with Crippen LogP contribution in [-0.4, -0.2) is 22.3 Å². The Morgan fingerprint density at radius 3 is 2.53 bits per heavy atom. The van der Waals surface area contributed by atoms with Crippen molar-refractivity contribution in [1.29, 1.82) is 0 Å². The number of carbonyl (C=O) groups is 1. The van der Waals surface area contributed by atoms with Crippen LogP contribution < -0.4 is 0 Å². The first-order valence-electron chi connectivity index (χ1n) is 5.90. The highest BCUT2D eigenvalue weighted by Gasteiger charge is 2.32. The lowest BCUT2D eigenvalue weighted by Gasteiger charge is -2.24. The Morgan fingerprint density at radius 1 is 1.24 bits per heavy atom. The van der Waals surface area contributed by atoms with Gasteiger partial charge in [-0.2, -0.15) is 0 Å². The molecule has 0 spiro atoms. The first-order valence-corrected chi connectivity index (χ1v) is 7.48. The van der Waals surface area contributed by atoms with E-state index in [2.05, 4.69) is 4.36 Å². The van der Waals surface area contributed by atoms with Crippen molar-refractivity contribution in [3.63, 3.8) is 0 Å². The summed E-state index contributed by atoms with van der Waals surface area (Å²) < 4.78 is 17.0. The van der Waals surface area contributed by atoms with E-state index >= 15 is 0 Å². The maximum Gasteiger partial charge on any atom is 0.149 e. The second kappa shape index (κ2) is 5.00. The van der Waals surface area contributed by atoms with Crippen LogP contribution >= 0.6 is 0 Å². The number of nitrogens with zero attached hydrogens (tertiary/aromatic N) is 1. The number of hydrogen-bond acceptors (Lipinski definition) is 3. The molecule has 3 nitrogen and oxygen atoms in total. The quantitative estimate of drug-likeness (QED) is 0.811. The van der Waals surface area contributed by atoms with E-state index in [0.717, 1.165) is 12.8 Å². The highest BCUT2D eigenvalue weighted by molar-refractivity contribution is 7.95. The number of benzene rings is 1. The molecule has 0 aromatic heterocycles. The van der Waals surface area contributed by atoms with Crippen LogP contribution in [0, 0.1) is 0 Å². The second-order valence-corrected chi connectivity index (χ2v) is 6.81. The van der Waals surface area contributed by atoms with Crippen LogP contribution in [0.3, 0.4) is 0 Å². The summed E-state index contributed by atoms with van der Waals surface area (Å²) in [6.07, 6.45) is 3.13. The van der Waals surface area contributed by atoms with Crippen molar-refractivity contribution in [2.45, 2.75) is 35.8 Å². The van der Waals surface area contributed by atoms with Crippen molar-refractivity contribution in [2.75, 3.05) is 7.05 Å². The third kappa shape index (κ3) is 2.27. The Bertz CT molecular complexity index is 515. The van der Waals surface area contributed by atoms with Gasteiger partial charge in [-0.3, -0.25) is 4.79 Å². The largest absolute Gasteiger partial charge is 0.298 e. The Morgan fingerprint density at radius 2 is 1.94 bits per heavy atom. The van der Waals surface area contributed by atoms with Crippen LogP contribution in [0.2, 0.25) is 0 Å². The molecule has 0 saturated heterocycles. The van der Waals surface area contributed by atoms with Gasteiger partial charge in [0.25, 0.3) is 0 Å². The maximum absolute atomic E-state index is 12.9. The van der Waals surface area contributed by atoms with Crippen molar-refractivity contribution in [3.8, 4) is 0 Å². The van der Waals surface area contributed by atoms with Crippen molar-refractivity contribution in [2.24, 2.45) is 4.36 Å². The predicted molar refractivity (Wildman–Crippen MR) is 68.5 cm³/mol. The van der Waals surface area contributed by atoms with Crippen molar-refractivity contribution >= 4 is 15.5 Å². The highest BCUT2D eigenvalue weighted by Crippen LogP contribution is 2.27. The number of carbonyl (C=O) groups excluding carboxylic acids is 1. The van der Waals surface area contributed by atoms with Gasteiger partial charge in [0, 0.05) is 18.4 Å². The van der Waals surface area contributed by atoms with E-state index in [1.54, 1.807) is 19.2 Å². The lowest BCUT2D eigenvalue weighted by Crippen LogP contribution is -2.32. The molecule has 1 aliphatic rings. The van der Waals surface area contributed by atoms with Crippen LogP contribution in [0.1, 0.15) is 25.7 Å². The zero-order valence-corrected chi connectivity index (χ0v) is 10.8. The van der Waals surface area contributed by atoms with Crippen molar-refractivity contribution in [3.05, 3.63) is 30.3 Å². The molecule has 0 N–H and O–H groups in total. The molecule has 1 aliphatic carbocycles. The molecule has 4 heteroatoms. The average Bonchev–Trinajstić information content (AvgIpc) is 2.39. The van der Waals surface area contributed by atoms with Gasteiger partial charge in [-0.1, -0.05) is 24.6 Å². The van der Waals surface area contributed by atoms with Gasteiger partial charge >= 0.3 is 0 Å². The zero-order chi connectivity index (χ0) is 12.3. The SMILES string of the molecule is CN=S(=O)(c1ccccc1)C1CCCCC1=O. The topological polar surface area (TPSA) is 46.5 Å². The summed E-state index contributed by atoms with van der Waals surface area (Å²) in [5.74, 6) is 0.107. The molecule has 1 saturated carbocycles. The van der Waals surface area contributed by atoms with E-state index in [4.69, 9.17) is 0 Å². The van der Waals surface area contributed by atoms with Crippen LogP contribution in [0.25, 0.3) is 0 Å². The molecule has 0 amide bonds. The minimum atomic E-state index is -2.58. The van der Waals surface area contributed by atoms with Gasteiger partial charge in [-0.25, -0.2) is 8.57 Å². The van der Waals surface area contributed by atoms with Crippen LogP contribution in [0.15, 0.2) is 39.6 Å². The number of ketones is 1. The van der Waals surface area contributed by atoms with Gasteiger partial charge in [-0.05, 0) is 25.0 Å². The van der Waals surface area contributed by atoms with E-state index in [1.165, 1.54) is 0 Å². The van der Waals surface area contributed by atoms with Crippen LogP contribution in [0.5, 0.6) is 0 Å². The lowest BCUT2D eigenvalue weighted by atomic mass is 9.99. The summed E-state index contributed by atoms with van der Waals surface area (Å²) in [6, 6.07) is 9.16. The second-order valence-electron chi connectivity index (χ2n) is 4.27. The standard InChI is InChI=1S/C13H17NO2S/c1-14-17(16,11-7-3-2-4-8-11)13-10-6-5-9-12(13)15/h2-4,7-8,13H,5-6,9-10H2,1H3. The molecule has 0 bridgehead atoms. The fourth-order valence-corrected chi connectivity index (χ4v) is 4.60. The molecule has 0 radical (unpaired) electrons. The Kier molecular flexibility index (Phi) is 3.62. The molecule has 0 aliphatic heterocycles. The van der Waals surface area contributed by atoms with Gasteiger partial charge in [0.1, 0.15) is 11.0 Å². The highest BCUT2D eigenvalue weighted by atomic mass is 32.2. The van der Waals surface area contributed by atoms with E-state index in [-0.39, 0.29) is 5.78 Å². The molecule has 2 rings (SSSR count). The van der Waals surface area contributed by atoms with Gasteiger partial charge < -0.3 is 0 Å². The average molecular weight is 251 g/mol. The van der Waals surface area contributed by atoms with E-state index in [0.29, 0.717) is 17.7 Å². The minimum absolute atomic E-state index is 0.107. The Balaban J connectivity index is 2.45. The Labute approximate surface area is 102 Å². The Hall–Kier alpha value is -1.16. The van der Waals surface area contributed by atoms with Gasteiger partial charge in [-0.15, -0.1) is 0 Å². The molecular formula is C13H17NO2S. The molecule has 1 aromatic carbocycles. The number of rotatable bonds is 2. The fourth-order valence-electron chi connectivity index (χ4n) is 2.30. The minimum Gasteiger partial charge on any atom is -0.298 e. The summed E-state index contributed by atoms with van der Waals surface area (Å²) >= 11 is 0. The molecule has 1 fully saturated rings. The van der Waals surface area contributed by atoms with Crippen molar-refractivity contribution in [1.82, 2.24) is 0 Å². The van der Waals surface area contributed by atoms with E-state index in [1.807, 2.05) is 18.2 Å². The summed E-state index contributed by atoms with van der Waals surface area (Å²) in [6.45, 7) is 0. The fraction of sp³-hybridized carbons (Fsp3) is 0.462. The molecule has 0 heterocycles. The first-order chi connectivity index (χ1) is 8.18. The summed E-state index contributed by atoms with van der Waals surface area (Å²) in [4.78, 5) is 12.6. The molecule has 2 atom stereocenters. The van der Waals surface area contributed by atoms with Crippen LogP contribution in [0.4, 0.5) is 0 Å². The number of Topliss-reactive ketones (excluding diaryl/α,β-unsaturated/α-hetero) is 1. The van der Waals surface area contributed by atoms with E-state index < -0.39 is 15.0 Å². The number of hydrogen-bond donors (Lipinski definition) is 0. The van der Waals surface area contributed by atoms with Gasteiger partial charge in [0.15, 0.2) is 0 Å². The van der Waals surface area contributed by atoms with Gasteiger partial charge in [0.05, 0.1) is 9.73 Å². The molecular weight excluding hydrogens is 234 g/mol. The molecule has 17 heavy (non-hydrogen) atoms. The predicted octanol–water partition coefficient (Wildman–Crippen LogP) is 2.66. The first kappa shape index (κ1) is 12.3. The summed E-state index contributed by atoms with van der Waals surface area (Å²) in [5.41, 5.74) is 0. The summed E-state index contributed by atoms with van der Waals surface area (Å²) in [5, 5.41) is -0.413. The third-order valence-electron chi connectivity index (χ3n) is 3.24. The smallest absolute Gasteiger partial charge is 0.149 e. The lowest BCUT2D eigenvalue weighted by molar-refractivity contribution is -0.119. The monoisotopic (exact) mass is 251 g/mol. The van der Waals surface area contributed by atoms with Crippen LogP contribution in [-0.2, 0) is 14.5 Å². The normalized spacial score (nSPS) is 24.1. The van der Waals surface area contributed by atoms with E-state index in [9.17, 15) is 9.00 Å². The summed E-state index contributed by atoms with van der Waals surface area (Å²) in [7, 11) is -1.03. The molecule has 2 unspecified atom stereocenters. The van der Waals surface area contributed by atoms with Gasteiger partial charge in [0.2, 0.25) is 0 Å². The third-order valence-corrected chi connectivity index (χ3v) is 6.00. The maximum atomic E-state index is 12.9. The zero-order valence-electron chi connectivity index (χ0n) is 9.96.